The molecule has 0 radical (unpaired) electrons. The fourth-order valence-corrected chi connectivity index (χ4v) is 1.93. The minimum Gasteiger partial charge on any atom is -0.398 e. The van der Waals surface area contributed by atoms with Crippen molar-refractivity contribution < 1.29 is 0 Å². The van der Waals surface area contributed by atoms with Crippen LogP contribution in [0.4, 0.5) is 5.69 Å². The topological polar surface area (TPSA) is 26.0 Å². The summed E-state index contributed by atoms with van der Waals surface area (Å²) in [6.45, 7) is 4.46. The first-order valence-corrected chi connectivity index (χ1v) is 5.78. The molecule has 13 heavy (non-hydrogen) atoms. The molecule has 0 aromatic heterocycles. The molecule has 0 amide bonds. The maximum Gasteiger partial charge on any atom is 0.0452 e. The largest absolute Gasteiger partial charge is 0.398 e. The third-order valence-corrected chi connectivity index (χ3v) is 2.74. The quantitative estimate of drug-likeness (QED) is 0.592. The standard InChI is InChI=1S/C11H17NS/c1-8(2)6-9-4-5-10(12)11(7-9)13-3/h4-5,7-8H,6,12H2,1-3H3. The highest BCUT2D eigenvalue weighted by atomic mass is 32.2. The lowest BCUT2D eigenvalue weighted by molar-refractivity contribution is 0.646. The van der Waals surface area contributed by atoms with E-state index in [2.05, 4.69) is 32.2 Å². The van der Waals surface area contributed by atoms with Gasteiger partial charge in [0.05, 0.1) is 0 Å². The summed E-state index contributed by atoms with van der Waals surface area (Å²) in [4.78, 5) is 1.19. The third kappa shape index (κ3) is 2.96. The monoisotopic (exact) mass is 195 g/mol. The normalized spacial score (nSPS) is 10.8. The van der Waals surface area contributed by atoms with E-state index in [0.717, 1.165) is 12.1 Å². The molecule has 72 valence electrons. The average Bonchev–Trinajstić information content (AvgIpc) is 2.07. The molecule has 0 bridgehead atoms. The molecule has 1 rings (SSSR count). The van der Waals surface area contributed by atoms with E-state index < -0.39 is 0 Å². The van der Waals surface area contributed by atoms with Crippen LogP contribution in [-0.4, -0.2) is 6.26 Å². The van der Waals surface area contributed by atoms with Crippen LogP contribution in [0.1, 0.15) is 19.4 Å². The molecular formula is C11H17NS. The van der Waals surface area contributed by atoms with Crippen LogP contribution in [0.15, 0.2) is 23.1 Å². The number of rotatable bonds is 3. The van der Waals surface area contributed by atoms with Gasteiger partial charge in [0.1, 0.15) is 0 Å². The highest BCUT2D eigenvalue weighted by molar-refractivity contribution is 7.98. The Balaban J connectivity index is 2.86. The number of nitrogens with two attached hydrogens (primary N) is 1. The molecule has 0 aliphatic rings. The van der Waals surface area contributed by atoms with Crippen molar-refractivity contribution in [3.05, 3.63) is 23.8 Å². The molecule has 0 heterocycles. The second kappa shape index (κ2) is 4.56. The van der Waals surface area contributed by atoms with Gasteiger partial charge in [0.15, 0.2) is 0 Å². The summed E-state index contributed by atoms with van der Waals surface area (Å²) in [7, 11) is 0. The van der Waals surface area contributed by atoms with E-state index in [0.29, 0.717) is 5.92 Å². The van der Waals surface area contributed by atoms with Crippen molar-refractivity contribution in [2.75, 3.05) is 12.0 Å². The second-order valence-corrected chi connectivity index (χ2v) is 4.52. The van der Waals surface area contributed by atoms with Gasteiger partial charge in [-0.2, -0.15) is 0 Å². The molecule has 1 nitrogen and oxygen atoms in total. The zero-order valence-electron chi connectivity index (χ0n) is 8.50. The Morgan fingerprint density at radius 3 is 2.62 bits per heavy atom. The van der Waals surface area contributed by atoms with E-state index in [1.54, 1.807) is 11.8 Å². The van der Waals surface area contributed by atoms with Gasteiger partial charge in [0.2, 0.25) is 0 Å². The molecule has 0 aliphatic carbocycles. The number of anilines is 1. The summed E-state index contributed by atoms with van der Waals surface area (Å²) in [5, 5.41) is 0. The van der Waals surface area contributed by atoms with E-state index in [4.69, 9.17) is 5.73 Å². The van der Waals surface area contributed by atoms with E-state index in [9.17, 15) is 0 Å². The van der Waals surface area contributed by atoms with Crippen molar-refractivity contribution >= 4 is 17.4 Å². The summed E-state index contributed by atoms with van der Waals surface area (Å²) in [5.41, 5.74) is 8.08. The Kier molecular flexibility index (Phi) is 3.67. The predicted molar refractivity (Wildman–Crippen MR) is 61.2 cm³/mol. The van der Waals surface area contributed by atoms with Crippen LogP contribution in [0.5, 0.6) is 0 Å². The highest BCUT2D eigenvalue weighted by Crippen LogP contribution is 2.24. The minimum atomic E-state index is 0.707. The molecule has 0 fully saturated rings. The first kappa shape index (κ1) is 10.5. The minimum absolute atomic E-state index is 0.707. The second-order valence-electron chi connectivity index (χ2n) is 3.67. The van der Waals surface area contributed by atoms with Crippen molar-refractivity contribution in [2.24, 2.45) is 5.92 Å². The highest BCUT2D eigenvalue weighted by Gasteiger charge is 2.01. The number of hydrogen-bond acceptors (Lipinski definition) is 2. The van der Waals surface area contributed by atoms with Crippen molar-refractivity contribution in [1.82, 2.24) is 0 Å². The molecule has 2 heteroatoms. The molecule has 0 spiro atoms. The summed E-state index contributed by atoms with van der Waals surface area (Å²) in [6.07, 6.45) is 3.19. The average molecular weight is 195 g/mol. The molecule has 0 unspecified atom stereocenters. The lowest BCUT2D eigenvalue weighted by Gasteiger charge is -2.08. The van der Waals surface area contributed by atoms with Crippen LogP contribution >= 0.6 is 11.8 Å². The Labute approximate surface area is 84.7 Å². The van der Waals surface area contributed by atoms with Gasteiger partial charge in [-0.25, -0.2) is 0 Å². The van der Waals surface area contributed by atoms with Gasteiger partial charge in [-0.15, -0.1) is 11.8 Å². The molecule has 0 saturated heterocycles. The van der Waals surface area contributed by atoms with Gasteiger partial charge in [0, 0.05) is 10.6 Å². The fourth-order valence-electron chi connectivity index (χ4n) is 1.35. The summed E-state index contributed by atoms with van der Waals surface area (Å²) < 4.78 is 0. The zero-order chi connectivity index (χ0) is 9.84. The number of nitrogen functional groups attached to an aromatic ring is 1. The van der Waals surface area contributed by atoms with Crippen molar-refractivity contribution in [1.29, 1.82) is 0 Å². The van der Waals surface area contributed by atoms with Crippen molar-refractivity contribution in [2.45, 2.75) is 25.2 Å². The van der Waals surface area contributed by atoms with Gasteiger partial charge in [-0.1, -0.05) is 19.9 Å². The lowest BCUT2D eigenvalue weighted by atomic mass is 10.0. The Bertz CT molecular complexity index is 281. The Morgan fingerprint density at radius 1 is 1.38 bits per heavy atom. The summed E-state index contributed by atoms with van der Waals surface area (Å²) >= 11 is 1.71. The SMILES string of the molecule is CSc1cc(CC(C)C)ccc1N. The van der Waals surface area contributed by atoms with Gasteiger partial charge in [-0.05, 0) is 36.3 Å². The smallest absolute Gasteiger partial charge is 0.0452 e. The van der Waals surface area contributed by atoms with Gasteiger partial charge in [-0.3, -0.25) is 0 Å². The van der Waals surface area contributed by atoms with E-state index in [-0.39, 0.29) is 0 Å². The van der Waals surface area contributed by atoms with Crippen LogP contribution in [0, 0.1) is 5.92 Å². The number of hydrogen-bond donors (Lipinski definition) is 1. The maximum atomic E-state index is 5.81. The molecule has 1 aromatic carbocycles. The van der Waals surface area contributed by atoms with Crippen LogP contribution in [0.2, 0.25) is 0 Å². The molecule has 2 N–H and O–H groups in total. The van der Waals surface area contributed by atoms with Crippen LogP contribution in [0.25, 0.3) is 0 Å². The molecule has 0 atom stereocenters. The van der Waals surface area contributed by atoms with E-state index >= 15 is 0 Å². The molecule has 0 saturated carbocycles. The van der Waals surface area contributed by atoms with E-state index in [1.807, 2.05) is 6.07 Å². The molecule has 0 aliphatic heterocycles. The van der Waals surface area contributed by atoms with Crippen LogP contribution in [-0.2, 0) is 6.42 Å². The van der Waals surface area contributed by atoms with E-state index in [1.165, 1.54) is 10.5 Å². The van der Waals surface area contributed by atoms with Crippen molar-refractivity contribution in [3.8, 4) is 0 Å². The summed E-state index contributed by atoms with van der Waals surface area (Å²) in [5.74, 6) is 0.707. The van der Waals surface area contributed by atoms with Gasteiger partial charge in [0.25, 0.3) is 0 Å². The Morgan fingerprint density at radius 2 is 2.08 bits per heavy atom. The lowest BCUT2D eigenvalue weighted by Crippen LogP contribution is -1.96. The third-order valence-electron chi connectivity index (χ3n) is 1.94. The van der Waals surface area contributed by atoms with Crippen molar-refractivity contribution in [3.63, 3.8) is 0 Å². The molecule has 1 aromatic rings. The first-order valence-electron chi connectivity index (χ1n) is 4.56. The predicted octanol–water partition coefficient (Wildman–Crippen LogP) is 3.19. The number of benzene rings is 1. The fraction of sp³-hybridized carbons (Fsp3) is 0.455. The number of thioether (sulfide) groups is 1. The van der Waals surface area contributed by atoms with Crippen LogP contribution < -0.4 is 5.73 Å². The zero-order valence-corrected chi connectivity index (χ0v) is 9.32. The summed E-state index contributed by atoms with van der Waals surface area (Å²) in [6, 6.07) is 6.32. The van der Waals surface area contributed by atoms with Crippen LogP contribution in [0.3, 0.4) is 0 Å². The van der Waals surface area contributed by atoms with Gasteiger partial charge >= 0.3 is 0 Å². The Hall–Kier alpha value is -0.630. The molecular weight excluding hydrogens is 178 g/mol. The maximum absolute atomic E-state index is 5.81. The first-order chi connectivity index (χ1) is 6.13. The van der Waals surface area contributed by atoms with Gasteiger partial charge < -0.3 is 5.73 Å².